The molecule has 0 amide bonds. The van der Waals surface area contributed by atoms with Crippen LogP contribution in [-0.4, -0.2) is 11.1 Å². The summed E-state index contributed by atoms with van der Waals surface area (Å²) in [5.41, 5.74) is 2.62. The van der Waals surface area contributed by atoms with Crippen molar-refractivity contribution in [3.63, 3.8) is 0 Å². The molecule has 0 unspecified atom stereocenters. The minimum Gasteiger partial charge on any atom is -0.478 e. The van der Waals surface area contributed by atoms with E-state index in [1.54, 1.807) is 6.08 Å². The quantitative estimate of drug-likeness (QED) is 0.763. The molecule has 1 aromatic rings. The Kier molecular flexibility index (Phi) is 5.47. The van der Waals surface area contributed by atoms with Gasteiger partial charge in [0.2, 0.25) is 0 Å². The van der Waals surface area contributed by atoms with Crippen LogP contribution in [0.4, 0.5) is 0 Å². The van der Waals surface area contributed by atoms with Gasteiger partial charge in [-0.15, -0.1) is 0 Å². The Morgan fingerprint density at radius 3 is 2.35 bits per heavy atom. The van der Waals surface area contributed by atoms with E-state index in [4.69, 9.17) is 5.11 Å². The van der Waals surface area contributed by atoms with Gasteiger partial charge in [-0.25, -0.2) is 4.79 Å². The van der Waals surface area contributed by atoms with E-state index in [9.17, 15) is 4.79 Å². The van der Waals surface area contributed by atoms with Gasteiger partial charge in [0.05, 0.1) is 0 Å². The van der Waals surface area contributed by atoms with Crippen molar-refractivity contribution in [3.8, 4) is 0 Å². The monoisotopic (exact) mass is 232 g/mol. The van der Waals surface area contributed by atoms with Gasteiger partial charge in [0.15, 0.2) is 0 Å². The van der Waals surface area contributed by atoms with E-state index in [0.29, 0.717) is 5.92 Å². The molecule has 0 fully saturated rings. The summed E-state index contributed by atoms with van der Waals surface area (Å²) >= 11 is 0. The van der Waals surface area contributed by atoms with Crippen molar-refractivity contribution in [2.45, 2.75) is 33.1 Å². The zero-order valence-corrected chi connectivity index (χ0v) is 10.5. The predicted molar refractivity (Wildman–Crippen MR) is 70.1 cm³/mol. The lowest BCUT2D eigenvalue weighted by Crippen LogP contribution is -1.94. The third kappa shape index (κ3) is 5.91. The van der Waals surface area contributed by atoms with Crippen LogP contribution in [0.2, 0.25) is 0 Å². The maximum atomic E-state index is 10.3. The first kappa shape index (κ1) is 13.5. The number of aryl methyl sites for hydroxylation is 1. The Bertz CT molecular complexity index is 374. The van der Waals surface area contributed by atoms with Crippen LogP contribution in [0.5, 0.6) is 0 Å². The number of benzene rings is 1. The van der Waals surface area contributed by atoms with E-state index >= 15 is 0 Å². The van der Waals surface area contributed by atoms with Crippen LogP contribution in [-0.2, 0) is 17.6 Å². The van der Waals surface area contributed by atoms with Crippen molar-refractivity contribution in [2.24, 2.45) is 5.92 Å². The van der Waals surface area contributed by atoms with Gasteiger partial charge in [-0.2, -0.15) is 0 Å². The Balaban J connectivity index is 2.43. The molecule has 0 aliphatic heterocycles. The van der Waals surface area contributed by atoms with E-state index in [2.05, 4.69) is 38.1 Å². The molecule has 0 heterocycles. The summed E-state index contributed by atoms with van der Waals surface area (Å²) in [5.74, 6) is -0.198. The Hall–Kier alpha value is -1.57. The summed E-state index contributed by atoms with van der Waals surface area (Å²) in [6.07, 6.45) is 5.68. The van der Waals surface area contributed by atoms with Crippen LogP contribution < -0.4 is 0 Å². The van der Waals surface area contributed by atoms with Crippen molar-refractivity contribution < 1.29 is 9.90 Å². The molecule has 0 radical (unpaired) electrons. The van der Waals surface area contributed by atoms with Crippen LogP contribution >= 0.6 is 0 Å². The zero-order valence-electron chi connectivity index (χ0n) is 10.5. The van der Waals surface area contributed by atoms with Crippen molar-refractivity contribution in [3.05, 3.63) is 47.5 Å². The summed E-state index contributed by atoms with van der Waals surface area (Å²) in [6, 6.07) is 8.59. The van der Waals surface area contributed by atoms with Gasteiger partial charge in [0, 0.05) is 6.08 Å². The fourth-order valence-electron chi connectivity index (χ4n) is 1.75. The Morgan fingerprint density at radius 2 is 1.82 bits per heavy atom. The molecule has 1 rings (SSSR count). The van der Waals surface area contributed by atoms with E-state index in [1.165, 1.54) is 17.2 Å². The van der Waals surface area contributed by atoms with Crippen LogP contribution in [0.3, 0.4) is 0 Å². The Morgan fingerprint density at radius 1 is 1.24 bits per heavy atom. The lowest BCUT2D eigenvalue weighted by atomic mass is 10.0. The number of carboxylic acid groups (broad SMARTS) is 1. The summed E-state index contributed by atoms with van der Waals surface area (Å²) in [4.78, 5) is 10.3. The largest absolute Gasteiger partial charge is 0.478 e. The second-order valence-corrected chi connectivity index (χ2v) is 4.69. The molecule has 1 N–H and O–H groups in total. The van der Waals surface area contributed by atoms with Crippen LogP contribution in [0.1, 0.15) is 31.4 Å². The van der Waals surface area contributed by atoms with Crippen molar-refractivity contribution in [1.29, 1.82) is 0 Å². The number of hydrogen-bond acceptors (Lipinski definition) is 1. The van der Waals surface area contributed by atoms with Gasteiger partial charge in [-0.1, -0.05) is 44.2 Å². The molecule has 0 aromatic heterocycles. The first-order valence-corrected chi connectivity index (χ1v) is 6.05. The van der Waals surface area contributed by atoms with Crippen molar-refractivity contribution >= 4 is 5.97 Å². The number of allylic oxidation sites excluding steroid dienone is 1. The normalized spacial score (nSPS) is 11.2. The standard InChI is InChI=1S/C15H20O2/c1-12(2)11-14-9-7-13(8-10-14)5-3-4-6-15(16)17/h4,6-10,12H,3,5,11H2,1-2H3,(H,16,17)/b6-4+. The SMILES string of the molecule is CC(C)Cc1ccc(CC/C=C/C(=O)O)cc1. The highest BCUT2D eigenvalue weighted by Crippen LogP contribution is 2.11. The number of carbonyl (C=O) groups is 1. The smallest absolute Gasteiger partial charge is 0.327 e. The fraction of sp³-hybridized carbons (Fsp3) is 0.400. The highest BCUT2D eigenvalue weighted by Gasteiger charge is 1.98. The molecule has 17 heavy (non-hydrogen) atoms. The first-order chi connectivity index (χ1) is 8.08. The molecule has 92 valence electrons. The molecule has 0 bridgehead atoms. The molecule has 2 heteroatoms. The second-order valence-electron chi connectivity index (χ2n) is 4.69. The number of aliphatic carboxylic acids is 1. The second kappa shape index (κ2) is 6.89. The molecule has 0 saturated heterocycles. The van der Waals surface area contributed by atoms with Gasteiger partial charge in [-0.05, 0) is 36.3 Å². The first-order valence-electron chi connectivity index (χ1n) is 6.05. The van der Waals surface area contributed by atoms with Gasteiger partial charge in [-0.3, -0.25) is 0 Å². The maximum absolute atomic E-state index is 10.3. The van der Waals surface area contributed by atoms with Gasteiger partial charge >= 0.3 is 5.97 Å². The van der Waals surface area contributed by atoms with E-state index in [-0.39, 0.29) is 0 Å². The third-order valence-electron chi connectivity index (χ3n) is 2.53. The zero-order chi connectivity index (χ0) is 12.7. The molecule has 0 aliphatic rings. The number of hydrogen-bond donors (Lipinski definition) is 1. The lowest BCUT2D eigenvalue weighted by molar-refractivity contribution is -0.131. The summed E-state index contributed by atoms with van der Waals surface area (Å²) in [7, 11) is 0. The highest BCUT2D eigenvalue weighted by atomic mass is 16.4. The predicted octanol–water partition coefficient (Wildman–Crippen LogP) is 3.46. The summed E-state index contributed by atoms with van der Waals surface area (Å²) < 4.78 is 0. The highest BCUT2D eigenvalue weighted by molar-refractivity contribution is 5.79. The number of rotatable bonds is 6. The van der Waals surface area contributed by atoms with Crippen molar-refractivity contribution in [2.75, 3.05) is 0 Å². The average molecular weight is 232 g/mol. The molecule has 2 nitrogen and oxygen atoms in total. The van der Waals surface area contributed by atoms with E-state index < -0.39 is 5.97 Å². The molecule has 1 aromatic carbocycles. The molecule has 0 atom stereocenters. The molecule has 0 aliphatic carbocycles. The van der Waals surface area contributed by atoms with Crippen LogP contribution in [0.25, 0.3) is 0 Å². The molecular weight excluding hydrogens is 212 g/mol. The van der Waals surface area contributed by atoms with Crippen molar-refractivity contribution in [1.82, 2.24) is 0 Å². The van der Waals surface area contributed by atoms with Gasteiger partial charge in [0.1, 0.15) is 0 Å². The minimum atomic E-state index is -0.878. The van der Waals surface area contributed by atoms with Gasteiger partial charge < -0.3 is 5.11 Å². The molecule has 0 spiro atoms. The van der Waals surface area contributed by atoms with Gasteiger partial charge in [0.25, 0.3) is 0 Å². The lowest BCUT2D eigenvalue weighted by Gasteiger charge is -2.05. The summed E-state index contributed by atoms with van der Waals surface area (Å²) in [5, 5.41) is 8.44. The van der Waals surface area contributed by atoms with E-state index in [0.717, 1.165) is 19.3 Å². The maximum Gasteiger partial charge on any atom is 0.327 e. The summed E-state index contributed by atoms with van der Waals surface area (Å²) in [6.45, 7) is 4.43. The molecule has 0 saturated carbocycles. The van der Waals surface area contributed by atoms with Crippen LogP contribution in [0, 0.1) is 5.92 Å². The number of carboxylic acids is 1. The topological polar surface area (TPSA) is 37.3 Å². The molecular formula is C15H20O2. The third-order valence-corrected chi connectivity index (χ3v) is 2.53. The van der Waals surface area contributed by atoms with Crippen LogP contribution in [0.15, 0.2) is 36.4 Å². The minimum absolute atomic E-state index is 0.680. The van der Waals surface area contributed by atoms with E-state index in [1.807, 2.05) is 0 Å². The Labute approximate surface area is 103 Å². The average Bonchev–Trinajstić information content (AvgIpc) is 2.25. The fourth-order valence-corrected chi connectivity index (χ4v) is 1.75.